The van der Waals surface area contributed by atoms with Crippen molar-refractivity contribution < 1.29 is 0 Å². The second-order valence-corrected chi connectivity index (χ2v) is 11.9. The van der Waals surface area contributed by atoms with Gasteiger partial charge in [0.2, 0.25) is 0 Å². The van der Waals surface area contributed by atoms with Gasteiger partial charge in [-0.2, -0.15) is 0 Å². The van der Waals surface area contributed by atoms with Gasteiger partial charge in [0.05, 0.1) is 11.0 Å². The van der Waals surface area contributed by atoms with Gasteiger partial charge in [-0.1, -0.05) is 140 Å². The van der Waals surface area contributed by atoms with E-state index in [-0.39, 0.29) is 0 Å². The molecule has 0 fully saturated rings. The summed E-state index contributed by atoms with van der Waals surface area (Å²) in [5.41, 5.74) is 15.4. The predicted molar refractivity (Wildman–Crippen MR) is 196 cm³/mol. The average Bonchev–Trinajstić information content (AvgIpc) is 3.46. The molecule has 1 heterocycles. The Hall–Kier alpha value is -5.92. The highest BCUT2D eigenvalue weighted by Gasteiger charge is 2.16. The smallest absolute Gasteiger partial charge is 0.0541 e. The first kappa shape index (κ1) is 27.6. The molecule has 0 bridgehead atoms. The highest BCUT2D eigenvalue weighted by atomic mass is 15.0. The lowest BCUT2D eigenvalue weighted by molar-refractivity contribution is 1.18. The van der Waals surface area contributed by atoms with E-state index in [4.69, 9.17) is 0 Å². The number of hydrogen-bond donors (Lipinski definition) is 0. The molecule has 0 aliphatic heterocycles. The first-order valence-corrected chi connectivity index (χ1v) is 15.8. The maximum atomic E-state index is 4.54. The zero-order valence-electron chi connectivity index (χ0n) is 25.8. The molecular formula is C45H33N. The number of hydrogen-bond acceptors (Lipinski definition) is 0. The van der Waals surface area contributed by atoms with E-state index in [1.165, 1.54) is 60.8 Å². The van der Waals surface area contributed by atoms with Gasteiger partial charge in [-0.3, -0.25) is 0 Å². The Kier molecular flexibility index (Phi) is 6.93. The van der Waals surface area contributed by atoms with Crippen LogP contribution in [0.25, 0.3) is 66.4 Å². The number of fused-ring (bicyclic) bond motifs is 3. The van der Waals surface area contributed by atoms with Crippen molar-refractivity contribution in [3.8, 4) is 39.1 Å². The van der Waals surface area contributed by atoms with E-state index in [0.717, 1.165) is 22.4 Å². The van der Waals surface area contributed by atoms with Crippen molar-refractivity contribution in [2.75, 3.05) is 0 Å². The van der Waals surface area contributed by atoms with Crippen LogP contribution in [-0.4, -0.2) is 4.57 Å². The minimum atomic E-state index is 1.03. The summed E-state index contributed by atoms with van der Waals surface area (Å²) in [4.78, 5) is 0. The lowest BCUT2D eigenvalue weighted by Crippen LogP contribution is -1.94. The van der Waals surface area contributed by atoms with Gasteiger partial charge in [-0.25, -0.2) is 0 Å². The Bertz CT molecular complexity index is 2360. The molecule has 1 heteroatoms. The normalized spacial score (nSPS) is 11.2. The molecule has 0 radical (unpaired) electrons. The van der Waals surface area contributed by atoms with Crippen LogP contribution >= 0.6 is 0 Å². The summed E-state index contributed by atoms with van der Waals surface area (Å²) in [7, 11) is 0. The molecule has 46 heavy (non-hydrogen) atoms. The zero-order valence-corrected chi connectivity index (χ0v) is 25.8. The summed E-state index contributed by atoms with van der Waals surface area (Å²) in [6.07, 6.45) is 0. The molecule has 8 aromatic rings. The molecule has 218 valence electrons. The highest BCUT2D eigenvalue weighted by Crippen LogP contribution is 2.39. The van der Waals surface area contributed by atoms with Crippen LogP contribution in [0.2, 0.25) is 0 Å². The maximum absolute atomic E-state index is 4.54. The van der Waals surface area contributed by atoms with Crippen molar-refractivity contribution in [1.29, 1.82) is 0 Å². The largest absolute Gasteiger partial charge is 0.309 e. The number of rotatable bonds is 6. The van der Waals surface area contributed by atoms with Crippen molar-refractivity contribution >= 4 is 27.4 Å². The molecule has 7 aromatic carbocycles. The van der Waals surface area contributed by atoms with Crippen molar-refractivity contribution in [3.63, 3.8) is 0 Å². The third kappa shape index (κ3) is 4.83. The summed E-state index contributed by atoms with van der Waals surface area (Å²) >= 11 is 0. The predicted octanol–water partition coefficient (Wildman–Crippen LogP) is 12.2. The van der Waals surface area contributed by atoms with E-state index in [9.17, 15) is 0 Å². The first-order valence-electron chi connectivity index (χ1n) is 15.8. The number of nitrogens with zero attached hydrogens (tertiary/aromatic N) is 1. The summed E-state index contributed by atoms with van der Waals surface area (Å²) < 4.78 is 2.38. The van der Waals surface area contributed by atoms with Crippen LogP contribution in [0.15, 0.2) is 176 Å². The van der Waals surface area contributed by atoms with E-state index >= 15 is 0 Å². The Morgan fingerprint density at radius 1 is 0.457 bits per heavy atom. The molecule has 1 aromatic heterocycles. The van der Waals surface area contributed by atoms with Gasteiger partial charge in [0.1, 0.15) is 0 Å². The number of benzene rings is 7. The highest BCUT2D eigenvalue weighted by molar-refractivity contribution is 6.10. The van der Waals surface area contributed by atoms with Crippen molar-refractivity contribution in [3.05, 3.63) is 193 Å². The van der Waals surface area contributed by atoms with Crippen LogP contribution in [0.1, 0.15) is 16.7 Å². The van der Waals surface area contributed by atoms with Crippen LogP contribution in [0, 0.1) is 6.92 Å². The molecule has 8 rings (SSSR count). The summed E-state index contributed by atoms with van der Waals surface area (Å²) in [6.45, 7) is 6.72. The number of para-hydroxylation sites is 1. The second kappa shape index (κ2) is 11.5. The zero-order chi connectivity index (χ0) is 31.0. The molecule has 0 saturated heterocycles. The van der Waals surface area contributed by atoms with Gasteiger partial charge in [0, 0.05) is 16.5 Å². The lowest BCUT2D eigenvalue weighted by atomic mass is 9.87. The molecular weight excluding hydrogens is 555 g/mol. The van der Waals surface area contributed by atoms with Crippen LogP contribution in [0.4, 0.5) is 0 Å². The second-order valence-electron chi connectivity index (χ2n) is 11.9. The molecule has 0 atom stereocenters. The molecule has 0 spiro atoms. The van der Waals surface area contributed by atoms with E-state index in [2.05, 4.69) is 188 Å². The number of aryl methyl sites for hydroxylation is 1. The minimum Gasteiger partial charge on any atom is -0.309 e. The Labute approximate surface area is 270 Å². The fourth-order valence-corrected chi connectivity index (χ4v) is 6.74. The molecule has 0 unspecified atom stereocenters. The fourth-order valence-electron chi connectivity index (χ4n) is 6.74. The van der Waals surface area contributed by atoms with E-state index in [1.807, 2.05) is 0 Å². The Morgan fingerprint density at radius 3 is 1.83 bits per heavy atom. The maximum Gasteiger partial charge on any atom is 0.0541 e. The average molecular weight is 588 g/mol. The van der Waals surface area contributed by atoms with Crippen LogP contribution in [0.5, 0.6) is 0 Å². The van der Waals surface area contributed by atoms with Crippen LogP contribution < -0.4 is 0 Å². The third-order valence-corrected chi connectivity index (χ3v) is 9.14. The van der Waals surface area contributed by atoms with E-state index < -0.39 is 0 Å². The quantitative estimate of drug-likeness (QED) is 0.182. The Balaban J connectivity index is 1.26. The van der Waals surface area contributed by atoms with Gasteiger partial charge in [-0.05, 0) is 99.0 Å². The molecule has 0 amide bonds. The first-order chi connectivity index (χ1) is 22.7. The summed E-state index contributed by atoms with van der Waals surface area (Å²) in [5, 5.41) is 2.50. The molecule has 0 aliphatic rings. The third-order valence-electron chi connectivity index (χ3n) is 9.14. The van der Waals surface area contributed by atoms with Crippen LogP contribution in [-0.2, 0) is 0 Å². The molecule has 0 saturated carbocycles. The van der Waals surface area contributed by atoms with Crippen molar-refractivity contribution in [1.82, 2.24) is 4.57 Å². The number of aromatic nitrogens is 1. The van der Waals surface area contributed by atoms with Gasteiger partial charge in [-0.15, -0.1) is 0 Å². The van der Waals surface area contributed by atoms with Gasteiger partial charge < -0.3 is 4.57 Å². The lowest BCUT2D eigenvalue weighted by Gasteiger charge is -2.17. The van der Waals surface area contributed by atoms with Crippen molar-refractivity contribution in [2.24, 2.45) is 0 Å². The molecule has 0 N–H and O–H groups in total. The Morgan fingerprint density at radius 2 is 1.04 bits per heavy atom. The SMILES string of the molecule is C=C(c1ccccc1)c1ccc(-c2ccc3c(c2)c2ccccc2n3-c2ccc(-c3ccccc3)cc2)cc1-c1ccccc1C. The summed E-state index contributed by atoms with van der Waals surface area (Å²) in [6, 6.07) is 61.0. The van der Waals surface area contributed by atoms with E-state index in [1.54, 1.807) is 0 Å². The molecule has 1 nitrogen and oxygen atoms in total. The van der Waals surface area contributed by atoms with Crippen molar-refractivity contribution in [2.45, 2.75) is 6.92 Å². The standard InChI is InChI=1S/C45H33N/c1-31-13-9-10-18-39(31)42-29-36(23-27-40(42)32(2)33-14-5-3-6-15-33)37-24-28-45-43(30-37)41-19-11-12-20-44(41)46(45)38-25-21-35(22-26-38)34-16-7-4-8-17-34/h3-30H,2H2,1H3. The van der Waals surface area contributed by atoms with Gasteiger partial charge in [0.15, 0.2) is 0 Å². The molecule has 0 aliphatic carbocycles. The minimum absolute atomic E-state index is 1.03. The monoisotopic (exact) mass is 587 g/mol. The van der Waals surface area contributed by atoms with Gasteiger partial charge in [0.25, 0.3) is 0 Å². The topological polar surface area (TPSA) is 4.93 Å². The summed E-state index contributed by atoms with van der Waals surface area (Å²) in [5.74, 6) is 0. The fraction of sp³-hybridized carbons (Fsp3) is 0.0222. The van der Waals surface area contributed by atoms with Gasteiger partial charge >= 0.3 is 0 Å². The van der Waals surface area contributed by atoms with E-state index in [0.29, 0.717) is 0 Å². The van der Waals surface area contributed by atoms with Crippen LogP contribution in [0.3, 0.4) is 0 Å².